The van der Waals surface area contributed by atoms with E-state index < -0.39 is 0 Å². The lowest BCUT2D eigenvalue weighted by atomic mass is 9.89. The molecule has 0 saturated carbocycles. The Kier molecular flexibility index (Phi) is 5.70. The monoisotopic (exact) mass is 233 g/mol. The van der Waals surface area contributed by atoms with Crippen molar-refractivity contribution in [3.05, 3.63) is 34.9 Å². The van der Waals surface area contributed by atoms with E-state index in [0.29, 0.717) is 5.92 Å². The highest BCUT2D eigenvalue weighted by atomic mass is 15.1. The lowest BCUT2D eigenvalue weighted by Crippen LogP contribution is -2.31. The van der Waals surface area contributed by atoms with Crippen molar-refractivity contribution >= 4 is 0 Å². The first-order chi connectivity index (χ1) is 8.22. The smallest absolute Gasteiger partial charge is 0.0239 e. The second-order valence-corrected chi connectivity index (χ2v) is 4.76. The fourth-order valence-electron chi connectivity index (χ4n) is 2.47. The molecule has 0 fully saturated rings. The second-order valence-electron chi connectivity index (χ2n) is 4.76. The highest BCUT2D eigenvalue weighted by Crippen LogP contribution is 2.27. The van der Waals surface area contributed by atoms with Crippen molar-refractivity contribution in [2.45, 2.75) is 53.5 Å². The molecule has 0 unspecified atom stereocenters. The van der Waals surface area contributed by atoms with Gasteiger partial charge in [-0.3, -0.25) is 4.90 Å². The maximum atomic E-state index is 2.54. The van der Waals surface area contributed by atoms with E-state index >= 15 is 0 Å². The van der Waals surface area contributed by atoms with Gasteiger partial charge in [0.05, 0.1) is 0 Å². The van der Waals surface area contributed by atoms with E-state index in [9.17, 15) is 0 Å². The van der Waals surface area contributed by atoms with Crippen molar-refractivity contribution in [3.63, 3.8) is 0 Å². The summed E-state index contributed by atoms with van der Waals surface area (Å²) in [4.78, 5) is 2.54. The fourth-order valence-corrected chi connectivity index (χ4v) is 2.47. The van der Waals surface area contributed by atoms with Crippen LogP contribution in [0.2, 0.25) is 0 Å². The fraction of sp³-hybridized carbons (Fsp3) is 0.625. The van der Waals surface area contributed by atoms with E-state index in [0.717, 1.165) is 6.54 Å². The Labute approximate surface area is 107 Å². The van der Waals surface area contributed by atoms with Crippen molar-refractivity contribution < 1.29 is 0 Å². The Morgan fingerprint density at radius 2 is 1.94 bits per heavy atom. The summed E-state index contributed by atoms with van der Waals surface area (Å²) >= 11 is 0. The van der Waals surface area contributed by atoms with Gasteiger partial charge in [0.2, 0.25) is 0 Å². The summed E-state index contributed by atoms with van der Waals surface area (Å²) in [5.41, 5.74) is 4.72. The number of hydrogen-bond donors (Lipinski definition) is 0. The maximum absolute atomic E-state index is 2.54. The van der Waals surface area contributed by atoms with Gasteiger partial charge < -0.3 is 0 Å². The van der Waals surface area contributed by atoms with Gasteiger partial charge in [0.1, 0.15) is 0 Å². The maximum Gasteiger partial charge on any atom is 0.0239 e. The van der Waals surface area contributed by atoms with Gasteiger partial charge in [0.25, 0.3) is 0 Å². The first kappa shape index (κ1) is 14.2. The van der Waals surface area contributed by atoms with Crippen molar-refractivity contribution in [3.8, 4) is 0 Å². The Balaban J connectivity index is 0.000000686. The molecule has 1 aromatic rings. The molecule has 1 aliphatic heterocycles. The predicted molar refractivity (Wildman–Crippen MR) is 76.5 cm³/mol. The van der Waals surface area contributed by atoms with Crippen molar-refractivity contribution in [1.29, 1.82) is 0 Å². The first-order valence-electron chi connectivity index (χ1n) is 7.05. The molecule has 96 valence electrons. The van der Waals surface area contributed by atoms with Gasteiger partial charge in [-0.25, -0.2) is 0 Å². The third-order valence-electron chi connectivity index (χ3n) is 3.46. The molecule has 0 spiro atoms. The van der Waals surface area contributed by atoms with Crippen LogP contribution in [-0.2, 0) is 13.0 Å². The van der Waals surface area contributed by atoms with E-state index in [4.69, 9.17) is 0 Å². The molecule has 1 heteroatoms. The molecule has 0 radical (unpaired) electrons. The summed E-state index contributed by atoms with van der Waals surface area (Å²) in [7, 11) is 0. The third kappa shape index (κ3) is 3.32. The minimum Gasteiger partial charge on any atom is -0.299 e. The standard InChI is InChI=1S/C14H21N.C2H6/c1-4-15-9-8-12-6-5-7-13(11(2)3)14(12)10-15;1-2/h5-7,11H,4,8-10H2,1-3H3;1-2H3. The SMILES string of the molecule is CC.CCN1CCc2cccc(C(C)C)c2C1. The minimum absolute atomic E-state index is 0.650. The molecule has 1 heterocycles. The average Bonchev–Trinajstić information content (AvgIpc) is 2.39. The molecule has 0 atom stereocenters. The summed E-state index contributed by atoms with van der Waals surface area (Å²) in [5, 5.41) is 0. The zero-order chi connectivity index (χ0) is 12.8. The Hall–Kier alpha value is -0.820. The van der Waals surface area contributed by atoms with Gasteiger partial charge in [0, 0.05) is 13.1 Å². The van der Waals surface area contributed by atoms with Crippen LogP contribution in [0.1, 0.15) is 57.2 Å². The van der Waals surface area contributed by atoms with Gasteiger partial charge in [-0.05, 0) is 35.6 Å². The van der Waals surface area contributed by atoms with Crippen LogP contribution in [0.25, 0.3) is 0 Å². The molecular weight excluding hydrogens is 206 g/mol. The van der Waals surface area contributed by atoms with Crippen LogP contribution in [0.3, 0.4) is 0 Å². The molecule has 0 bridgehead atoms. The lowest BCUT2D eigenvalue weighted by Gasteiger charge is -2.30. The largest absolute Gasteiger partial charge is 0.299 e. The highest BCUT2D eigenvalue weighted by molar-refractivity contribution is 5.38. The van der Waals surface area contributed by atoms with Crippen LogP contribution in [0.5, 0.6) is 0 Å². The summed E-state index contributed by atoms with van der Waals surface area (Å²) in [6.07, 6.45) is 1.23. The molecule has 17 heavy (non-hydrogen) atoms. The number of rotatable bonds is 2. The first-order valence-corrected chi connectivity index (χ1v) is 7.05. The quantitative estimate of drug-likeness (QED) is 0.739. The molecular formula is C16H27N. The highest BCUT2D eigenvalue weighted by Gasteiger charge is 2.18. The Bertz CT molecular complexity index is 341. The van der Waals surface area contributed by atoms with Crippen molar-refractivity contribution in [2.24, 2.45) is 0 Å². The zero-order valence-electron chi connectivity index (χ0n) is 12.1. The summed E-state index contributed by atoms with van der Waals surface area (Å²) in [6.45, 7) is 14.4. The van der Waals surface area contributed by atoms with Gasteiger partial charge in [-0.1, -0.05) is 52.8 Å². The van der Waals surface area contributed by atoms with Crippen molar-refractivity contribution in [2.75, 3.05) is 13.1 Å². The predicted octanol–water partition coefficient (Wildman–Crippen LogP) is 4.21. The van der Waals surface area contributed by atoms with E-state index in [1.165, 1.54) is 19.5 Å². The summed E-state index contributed by atoms with van der Waals surface area (Å²) in [6, 6.07) is 6.81. The molecule has 1 nitrogen and oxygen atoms in total. The van der Waals surface area contributed by atoms with E-state index in [-0.39, 0.29) is 0 Å². The van der Waals surface area contributed by atoms with Gasteiger partial charge >= 0.3 is 0 Å². The zero-order valence-corrected chi connectivity index (χ0v) is 12.1. The molecule has 0 aliphatic carbocycles. The van der Waals surface area contributed by atoms with Crippen LogP contribution in [0.4, 0.5) is 0 Å². The molecule has 1 aromatic carbocycles. The molecule has 2 rings (SSSR count). The third-order valence-corrected chi connectivity index (χ3v) is 3.46. The minimum atomic E-state index is 0.650. The summed E-state index contributed by atoms with van der Waals surface area (Å²) in [5.74, 6) is 0.650. The molecule has 1 aliphatic rings. The number of hydrogen-bond acceptors (Lipinski definition) is 1. The number of fused-ring (bicyclic) bond motifs is 1. The van der Waals surface area contributed by atoms with Crippen LogP contribution in [0, 0.1) is 0 Å². The average molecular weight is 233 g/mol. The number of nitrogens with zero attached hydrogens (tertiary/aromatic N) is 1. The van der Waals surface area contributed by atoms with Crippen LogP contribution in [0.15, 0.2) is 18.2 Å². The number of likely N-dealkylation sites (N-methyl/N-ethyl adjacent to an activating group) is 1. The van der Waals surface area contributed by atoms with Gasteiger partial charge in [-0.15, -0.1) is 0 Å². The topological polar surface area (TPSA) is 3.24 Å². The molecule has 0 N–H and O–H groups in total. The van der Waals surface area contributed by atoms with Crippen LogP contribution >= 0.6 is 0 Å². The molecule has 0 saturated heterocycles. The Morgan fingerprint density at radius 3 is 2.53 bits per heavy atom. The van der Waals surface area contributed by atoms with Crippen LogP contribution in [-0.4, -0.2) is 18.0 Å². The lowest BCUT2D eigenvalue weighted by molar-refractivity contribution is 0.266. The summed E-state index contributed by atoms with van der Waals surface area (Å²) < 4.78 is 0. The van der Waals surface area contributed by atoms with Gasteiger partial charge in [-0.2, -0.15) is 0 Å². The number of benzene rings is 1. The van der Waals surface area contributed by atoms with E-state index in [2.05, 4.69) is 43.9 Å². The normalized spacial score (nSPS) is 15.2. The van der Waals surface area contributed by atoms with E-state index in [1.54, 1.807) is 16.7 Å². The molecule has 0 aromatic heterocycles. The van der Waals surface area contributed by atoms with Crippen molar-refractivity contribution in [1.82, 2.24) is 4.90 Å². The van der Waals surface area contributed by atoms with Gasteiger partial charge in [0.15, 0.2) is 0 Å². The molecule has 0 amide bonds. The second kappa shape index (κ2) is 6.80. The van der Waals surface area contributed by atoms with E-state index in [1.807, 2.05) is 13.8 Å². The van der Waals surface area contributed by atoms with Crippen LogP contribution < -0.4 is 0 Å². The Morgan fingerprint density at radius 1 is 1.24 bits per heavy atom.